The van der Waals surface area contributed by atoms with E-state index in [0.29, 0.717) is 5.56 Å². The second-order valence-electron chi connectivity index (χ2n) is 10.2. The Morgan fingerprint density at radius 1 is 0.816 bits per heavy atom. The van der Waals surface area contributed by atoms with E-state index in [-0.39, 0.29) is 17.2 Å². The smallest absolute Gasteiger partial charge is 0.274 e. The van der Waals surface area contributed by atoms with Gasteiger partial charge in [0.2, 0.25) is 9.04 Å². The lowest BCUT2D eigenvalue weighted by atomic mass is 10.0. The van der Waals surface area contributed by atoms with Gasteiger partial charge in [-0.2, -0.15) is 0 Å². The van der Waals surface area contributed by atoms with E-state index < -0.39 is 9.04 Å². The molecule has 0 aromatic heterocycles. The lowest BCUT2D eigenvalue weighted by Crippen LogP contribution is -2.32. The molecule has 2 aromatic rings. The molecule has 0 saturated heterocycles. The molecule has 1 atom stereocenters. The number of nitro groups is 1. The Hall–Kier alpha value is -2.44. The summed E-state index contributed by atoms with van der Waals surface area (Å²) < 4.78 is 12.2. The first-order chi connectivity index (χ1) is 18.7. The lowest BCUT2D eigenvalue weighted by molar-refractivity contribution is -0.385. The van der Waals surface area contributed by atoms with Crippen molar-refractivity contribution in [2.24, 2.45) is 0 Å². The van der Waals surface area contributed by atoms with Crippen LogP contribution in [0.2, 0.25) is 6.04 Å². The second kappa shape index (κ2) is 20.5. The molecular formula is C32H49NO4Si. The third kappa shape index (κ3) is 13.4. The van der Waals surface area contributed by atoms with Gasteiger partial charge >= 0.3 is 0 Å². The molecule has 2 rings (SSSR count). The quantitative estimate of drug-likeness (QED) is 0.0465. The van der Waals surface area contributed by atoms with Crippen molar-refractivity contribution in [3.63, 3.8) is 0 Å². The fourth-order valence-electron chi connectivity index (χ4n) is 4.72. The first-order valence-electron chi connectivity index (χ1n) is 14.8. The van der Waals surface area contributed by atoms with Crippen molar-refractivity contribution in [2.45, 2.75) is 109 Å². The third-order valence-electron chi connectivity index (χ3n) is 7.03. The van der Waals surface area contributed by atoms with Gasteiger partial charge in [0, 0.05) is 6.07 Å². The van der Waals surface area contributed by atoms with Crippen molar-refractivity contribution in [2.75, 3.05) is 6.61 Å². The van der Waals surface area contributed by atoms with Crippen molar-refractivity contribution in [3.05, 3.63) is 76.9 Å². The van der Waals surface area contributed by atoms with Gasteiger partial charge in [0.05, 0.1) is 23.7 Å². The molecule has 0 aliphatic carbocycles. The van der Waals surface area contributed by atoms with Crippen LogP contribution in [0, 0.1) is 10.1 Å². The minimum atomic E-state index is -1.80. The van der Waals surface area contributed by atoms with E-state index in [1.54, 1.807) is 18.2 Å². The van der Waals surface area contributed by atoms with Crippen LogP contribution in [0.4, 0.5) is 5.69 Å². The van der Waals surface area contributed by atoms with E-state index in [9.17, 15) is 10.1 Å². The number of nitro benzene ring substituents is 1. The summed E-state index contributed by atoms with van der Waals surface area (Å²) in [4.78, 5) is 10.9. The SMILES string of the molecule is C=CC[SiH](OCc1ccccc1[N+](=O)[O-])c1ccc(OCCCCCCCCCCCCCCCC)cc1. The van der Waals surface area contributed by atoms with Crippen LogP contribution in [0.1, 0.15) is 102 Å². The van der Waals surface area contributed by atoms with Gasteiger partial charge in [-0.3, -0.25) is 10.1 Å². The van der Waals surface area contributed by atoms with Gasteiger partial charge in [-0.05, 0) is 35.9 Å². The van der Waals surface area contributed by atoms with Gasteiger partial charge in [-0.15, -0.1) is 6.58 Å². The molecule has 38 heavy (non-hydrogen) atoms. The monoisotopic (exact) mass is 539 g/mol. The van der Waals surface area contributed by atoms with Crippen LogP contribution in [-0.4, -0.2) is 20.6 Å². The van der Waals surface area contributed by atoms with Crippen molar-refractivity contribution >= 4 is 19.9 Å². The van der Waals surface area contributed by atoms with Crippen LogP contribution in [0.5, 0.6) is 5.75 Å². The average molecular weight is 540 g/mol. The Morgan fingerprint density at radius 2 is 1.37 bits per heavy atom. The standard InChI is InChI=1S/C32H49NO4Si/c1-3-5-6-7-8-9-10-11-12-13-14-15-16-19-26-36-30-22-24-31(25-23-30)38(27-4-2)37-28-29-20-17-18-21-32(29)33(34)35/h4,17-18,20-25,38H,2-3,5-16,19,26-28H2,1H3. The topological polar surface area (TPSA) is 61.6 Å². The number of benzene rings is 2. The third-order valence-corrected chi connectivity index (χ3v) is 9.49. The zero-order chi connectivity index (χ0) is 27.3. The molecule has 0 aliphatic heterocycles. The van der Waals surface area contributed by atoms with Crippen molar-refractivity contribution in [3.8, 4) is 5.75 Å². The van der Waals surface area contributed by atoms with Crippen LogP contribution in [-0.2, 0) is 11.0 Å². The van der Waals surface area contributed by atoms with E-state index in [1.165, 1.54) is 89.5 Å². The minimum Gasteiger partial charge on any atom is -0.494 e. The highest BCUT2D eigenvalue weighted by molar-refractivity contribution is 6.67. The van der Waals surface area contributed by atoms with Crippen LogP contribution in [0.3, 0.4) is 0 Å². The Kier molecular flexibility index (Phi) is 17.1. The largest absolute Gasteiger partial charge is 0.494 e. The highest BCUT2D eigenvalue weighted by atomic mass is 28.3. The number of nitrogens with zero attached hydrogens (tertiary/aromatic N) is 1. The highest BCUT2D eigenvalue weighted by Gasteiger charge is 2.17. The van der Waals surface area contributed by atoms with Gasteiger partial charge in [0.15, 0.2) is 0 Å². The maximum absolute atomic E-state index is 11.3. The molecule has 0 saturated carbocycles. The number of para-hydroxylation sites is 1. The van der Waals surface area contributed by atoms with E-state index >= 15 is 0 Å². The molecule has 0 spiro atoms. The molecule has 0 N–H and O–H groups in total. The molecule has 0 aliphatic rings. The summed E-state index contributed by atoms with van der Waals surface area (Å²) in [5.41, 5.74) is 0.707. The number of unbranched alkanes of at least 4 members (excludes halogenated alkanes) is 13. The number of hydrogen-bond acceptors (Lipinski definition) is 4. The van der Waals surface area contributed by atoms with Gasteiger partial charge < -0.3 is 9.16 Å². The maximum atomic E-state index is 11.3. The Labute approximate surface area is 232 Å². The Balaban J connectivity index is 1.58. The van der Waals surface area contributed by atoms with E-state index in [4.69, 9.17) is 9.16 Å². The van der Waals surface area contributed by atoms with Crippen molar-refractivity contribution < 1.29 is 14.1 Å². The molecule has 5 nitrogen and oxygen atoms in total. The average Bonchev–Trinajstić information content (AvgIpc) is 2.93. The molecule has 0 heterocycles. The molecule has 0 radical (unpaired) electrons. The van der Waals surface area contributed by atoms with Crippen molar-refractivity contribution in [1.29, 1.82) is 0 Å². The molecule has 1 unspecified atom stereocenters. The maximum Gasteiger partial charge on any atom is 0.274 e. The van der Waals surface area contributed by atoms with Gasteiger partial charge in [-0.1, -0.05) is 121 Å². The summed E-state index contributed by atoms with van der Waals surface area (Å²) in [7, 11) is -1.80. The van der Waals surface area contributed by atoms with E-state index in [2.05, 4.69) is 25.6 Å². The number of hydrogen-bond donors (Lipinski definition) is 0. The fraction of sp³-hybridized carbons (Fsp3) is 0.562. The summed E-state index contributed by atoms with van der Waals surface area (Å²) in [6.45, 7) is 7.13. The van der Waals surface area contributed by atoms with Crippen LogP contribution < -0.4 is 9.92 Å². The summed E-state index contributed by atoms with van der Waals surface area (Å²) in [5.74, 6) is 0.883. The van der Waals surface area contributed by atoms with Gasteiger partial charge in [-0.25, -0.2) is 0 Å². The zero-order valence-electron chi connectivity index (χ0n) is 23.6. The minimum absolute atomic E-state index is 0.103. The molecule has 210 valence electrons. The van der Waals surface area contributed by atoms with Gasteiger partial charge in [0.25, 0.3) is 5.69 Å². The molecular weight excluding hydrogens is 490 g/mol. The van der Waals surface area contributed by atoms with Crippen LogP contribution >= 0.6 is 0 Å². The zero-order valence-corrected chi connectivity index (χ0v) is 24.7. The first kappa shape index (κ1) is 31.8. The summed E-state index contributed by atoms with van der Waals surface area (Å²) >= 11 is 0. The summed E-state index contributed by atoms with van der Waals surface area (Å²) in [5, 5.41) is 12.4. The Morgan fingerprint density at radius 3 is 1.92 bits per heavy atom. The first-order valence-corrected chi connectivity index (χ1v) is 16.7. The molecule has 0 bridgehead atoms. The van der Waals surface area contributed by atoms with Crippen LogP contribution in [0.25, 0.3) is 0 Å². The van der Waals surface area contributed by atoms with Gasteiger partial charge in [0.1, 0.15) is 5.75 Å². The second-order valence-corrected chi connectivity index (χ2v) is 12.7. The summed E-state index contributed by atoms with van der Waals surface area (Å²) in [6.07, 6.45) is 20.8. The number of allylic oxidation sites excluding steroid dienone is 1. The fourth-order valence-corrected chi connectivity index (χ4v) is 6.62. The molecule has 2 aromatic carbocycles. The number of rotatable bonds is 23. The normalized spacial score (nSPS) is 11.8. The highest BCUT2D eigenvalue weighted by Crippen LogP contribution is 2.19. The van der Waals surface area contributed by atoms with E-state index in [0.717, 1.165) is 30.0 Å². The van der Waals surface area contributed by atoms with Crippen LogP contribution in [0.15, 0.2) is 61.2 Å². The molecule has 0 fully saturated rings. The summed E-state index contributed by atoms with van der Waals surface area (Å²) in [6, 6.07) is 15.7. The Bertz CT molecular complexity index is 903. The van der Waals surface area contributed by atoms with E-state index in [1.807, 2.05) is 18.2 Å². The predicted molar refractivity (Wildman–Crippen MR) is 162 cm³/mol. The van der Waals surface area contributed by atoms with Crippen molar-refractivity contribution in [1.82, 2.24) is 0 Å². The number of ether oxygens (including phenoxy) is 1. The molecule has 0 amide bonds. The lowest BCUT2D eigenvalue weighted by Gasteiger charge is -2.16. The molecule has 6 heteroatoms. The predicted octanol–water partition coefficient (Wildman–Crippen LogP) is 8.79.